The first-order chi connectivity index (χ1) is 9.77. The van der Waals surface area contributed by atoms with E-state index < -0.39 is 5.97 Å². The van der Waals surface area contributed by atoms with Crippen molar-refractivity contribution in [3.05, 3.63) is 0 Å². The molecule has 0 aromatic carbocycles. The zero-order chi connectivity index (χ0) is 16.0. The van der Waals surface area contributed by atoms with Crippen LogP contribution in [-0.4, -0.2) is 54.7 Å². The number of hydrogen-bond donors (Lipinski definition) is 3. The number of nitrogens with zero attached hydrogens (tertiary/aromatic N) is 1. The summed E-state index contributed by atoms with van der Waals surface area (Å²) >= 11 is 0. The third-order valence-electron chi connectivity index (χ3n) is 3.79. The summed E-state index contributed by atoms with van der Waals surface area (Å²) in [6.07, 6.45) is 2.85. The number of rotatable bonds is 7. The number of aliphatic carboxylic acids is 1. The molecule has 0 bridgehead atoms. The van der Waals surface area contributed by atoms with Gasteiger partial charge in [0, 0.05) is 18.6 Å². The molecular formula is C15H29N3O3. The Labute approximate surface area is 127 Å². The summed E-state index contributed by atoms with van der Waals surface area (Å²) in [7, 11) is 3.97. The number of carboxylic acid groups (broad SMARTS) is 1. The summed E-state index contributed by atoms with van der Waals surface area (Å²) in [5.74, 6) is -0.563. The first-order valence-corrected chi connectivity index (χ1v) is 7.72. The average Bonchev–Trinajstić information content (AvgIpc) is 2.75. The van der Waals surface area contributed by atoms with Crippen LogP contribution in [0.3, 0.4) is 0 Å². The van der Waals surface area contributed by atoms with E-state index in [-0.39, 0.29) is 24.0 Å². The van der Waals surface area contributed by atoms with Gasteiger partial charge >= 0.3 is 12.0 Å². The van der Waals surface area contributed by atoms with Gasteiger partial charge in [-0.05, 0) is 45.7 Å². The molecule has 3 unspecified atom stereocenters. The van der Waals surface area contributed by atoms with Gasteiger partial charge in [0.1, 0.15) is 0 Å². The summed E-state index contributed by atoms with van der Waals surface area (Å²) in [6, 6.07) is -0.0969. The number of carbonyl (C=O) groups excluding carboxylic acids is 1. The number of hydrogen-bond acceptors (Lipinski definition) is 3. The SMILES string of the molecule is CC(C)CC(CN(C)C)NC(=O)NC1CCC(C(=O)O)C1. The van der Waals surface area contributed by atoms with Crippen LogP contribution in [0, 0.1) is 11.8 Å². The van der Waals surface area contributed by atoms with Gasteiger partial charge in [-0.25, -0.2) is 4.79 Å². The van der Waals surface area contributed by atoms with Crippen molar-refractivity contribution in [3.63, 3.8) is 0 Å². The Morgan fingerprint density at radius 1 is 1.29 bits per heavy atom. The van der Waals surface area contributed by atoms with E-state index in [4.69, 9.17) is 5.11 Å². The molecule has 1 aliphatic carbocycles. The number of likely N-dealkylation sites (N-methyl/N-ethyl adjacent to an activating group) is 1. The Kier molecular flexibility index (Phi) is 6.95. The molecule has 6 nitrogen and oxygen atoms in total. The predicted molar refractivity (Wildman–Crippen MR) is 82.2 cm³/mol. The summed E-state index contributed by atoms with van der Waals surface area (Å²) in [5, 5.41) is 14.9. The number of nitrogens with one attached hydrogen (secondary N) is 2. The van der Waals surface area contributed by atoms with Gasteiger partial charge in [0.2, 0.25) is 0 Å². The second-order valence-electron chi connectivity index (χ2n) is 6.75. The molecule has 0 heterocycles. The van der Waals surface area contributed by atoms with Crippen LogP contribution in [0.5, 0.6) is 0 Å². The van der Waals surface area contributed by atoms with E-state index in [0.29, 0.717) is 18.8 Å². The second-order valence-corrected chi connectivity index (χ2v) is 6.75. The number of carbonyl (C=O) groups is 2. The minimum atomic E-state index is -0.759. The molecule has 0 spiro atoms. The summed E-state index contributed by atoms with van der Waals surface area (Å²) in [5.41, 5.74) is 0. The molecule has 0 aromatic heterocycles. The molecule has 3 N–H and O–H groups in total. The highest BCUT2D eigenvalue weighted by atomic mass is 16.4. The summed E-state index contributed by atoms with van der Waals surface area (Å²) < 4.78 is 0. The van der Waals surface area contributed by atoms with Crippen molar-refractivity contribution in [2.45, 2.75) is 51.6 Å². The lowest BCUT2D eigenvalue weighted by Crippen LogP contribution is -2.49. The fourth-order valence-corrected chi connectivity index (χ4v) is 2.94. The largest absolute Gasteiger partial charge is 0.481 e. The van der Waals surface area contributed by atoms with Crippen molar-refractivity contribution in [3.8, 4) is 0 Å². The molecule has 0 saturated heterocycles. The van der Waals surface area contributed by atoms with Crippen LogP contribution < -0.4 is 10.6 Å². The van der Waals surface area contributed by atoms with E-state index in [9.17, 15) is 9.59 Å². The molecule has 2 amide bonds. The highest BCUT2D eigenvalue weighted by Crippen LogP contribution is 2.25. The molecule has 6 heteroatoms. The van der Waals surface area contributed by atoms with Crippen LogP contribution in [0.25, 0.3) is 0 Å². The molecule has 0 radical (unpaired) electrons. The van der Waals surface area contributed by atoms with Gasteiger partial charge in [-0.1, -0.05) is 13.8 Å². The lowest BCUT2D eigenvalue weighted by Gasteiger charge is -2.25. The van der Waals surface area contributed by atoms with Gasteiger partial charge in [-0.15, -0.1) is 0 Å². The minimum Gasteiger partial charge on any atom is -0.481 e. The van der Waals surface area contributed by atoms with Crippen molar-refractivity contribution >= 4 is 12.0 Å². The highest BCUT2D eigenvalue weighted by Gasteiger charge is 2.30. The molecule has 21 heavy (non-hydrogen) atoms. The minimum absolute atomic E-state index is 0.0230. The topological polar surface area (TPSA) is 81.7 Å². The molecule has 1 fully saturated rings. The van der Waals surface area contributed by atoms with E-state index in [1.165, 1.54) is 0 Å². The molecule has 0 aromatic rings. The Morgan fingerprint density at radius 2 is 1.95 bits per heavy atom. The van der Waals surface area contributed by atoms with Gasteiger partial charge in [0.15, 0.2) is 0 Å². The van der Waals surface area contributed by atoms with E-state index in [2.05, 4.69) is 29.4 Å². The average molecular weight is 299 g/mol. The lowest BCUT2D eigenvalue weighted by molar-refractivity contribution is -0.141. The van der Waals surface area contributed by atoms with Crippen molar-refractivity contribution in [2.24, 2.45) is 11.8 Å². The van der Waals surface area contributed by atoms with Gasteiger partial charge < -0.3 is 20.6 Å². The van der Waals surface area contributed by atoms with Crippen LogP contribution in [0.4, 0.5) is 4.79 Å². The highest BCUT2D eigenvalue weighted by molar-refractivity contribution is 5.75. The Bertz CT molecular complexity index is 348. The molecule has 1 aliphatic rings. The summed E-state index contributed by atoms with van der Waals surface area (Å²) in [6.45, 7) is 5.07. The normalized spacial score (nSPS) is 23.3. The van der Waals surface area contributed by atoms with Crippen LogP contribution >= 0.6 is 0 Å². The van der Waals surface area contributed by atoms with Gasteiger partial charge in [0.25, 0.3) is 0 Å². The molecule has 1 rings (SSSR count). The van der Waals surface area contributed by atoms with Gasteiger partial charge in [-0.3, -0.25) is 4.79 Å². The smallest absolute Gasteiger partial charge is 0.315 e. The summed E-state index contributed by atoms with van der Waals surface area (Å²) in [4.78, 5) is 25.0. The predicted octanol–water partition coefficient (Wildman–Crippen LogP) is 1.52. The maximum Gasteiger partial charge on any atom is 0.315 e. The van der Waals surface area contributed by atoms with Gasteiger partial charge in [0.05, 0.1) is 5.92 Å². The molecule has 122 valence electrons. The first kappa shape index (κ1) is 17.8. The standard InChI is InChI=1S/C15H29N3O3/c1-10(2)7-13(9-18(3)4)17-15(21)16-12-6-5-11(8-12)14(19)20/h10-13H,5-9H2,1-4H3,(H,19,20)(H2,16,17,21). The Morgan fingerprint density at radius 3 is 2.43 bits per heavy atom. The molecule has 0 aliphatic heterocycles. The maximum absolute atomic E-state index is 12.1. The monoisotopic (exact) mass is 299 g/mol. The lowest BCUT2D eigenvalue weighted by atomic mass is 10.0. The van der Waals surface area contributed by atoms with Crippen molar-refractivity contribution < 1.29 is 14.7 Å². The van der Waals surface area contributed by atoms with Crippen molar-refractivity contribution in [1.82, 2.24) is 15.5 Å². The molecule has 3 atom stereocenters. The van der Waals surface area contributed by atoms with Gasteiger partial charge in [-0.2, -0.15) is 0 Å². The van der Waals surface area contributed by atoms with Crippen LogP contribution in [0.15, 0.2) is 0 Å². The van der Waals surface area contributed by atoms with Crippen LogP contribution in [-0.2, 0) is 4.79 Å². The third kappa shape index (κ3) is 6.80. The zero-order valence-corrected chi connectivity index (χ0v) is 13.6. The third-order valence-corrected chi connectivity index (χ3v) is 3.79. The molecule has 1 saturated carbocycles. The van der Waals surface area contributed by atoms with E-state index in [0.717, 1.165) is 19.4 Å². The number of urea groups is 1. The maximum atomic E-state index is 12.1. The fraction of sp³-hybridized carbons (Fsp3) is 0.867. The fourth-order valence-electron chi connectivity index (χ4n) is 2.94. The first-order valence-electron chi connectivity index (χ1n) is 7.72. The van der Waals surface area contributed by atoms with Crippen LogP contribution in [0.1, 0.15) is 39.5 Å². The Hall–Kier alpha value is -1.30. The zero-order valence-electron chi connectivity index (χ0n) is 13.6. The van der Waals surface area contributed by atoms with E-state index >= 15 is 0 Å². The van der Waals surface area contributed by atoms with Crippen LogP contribution in [0.2, 0.25) is 0 Å². The van der Waals surface area contributed by atoms with Crippen molar-refractivity contribution in [2.75, 3.05) is 20.6 Å². The number of amides is 2. The Balaban J connectivity index is 2.41. The second kappa shape index (κ2) is 8.22. The van der Waals surface area contributed by atoms with E-state index in [1.54, 1.807) is 0 Å². The number of carboxylic acids is 1. The molecular weight excluding hydrogens is 270 g/mol. The van der Waals surface area contributed by atoms with Crippen molar-refractivity contribution in [1.29, 1.82) is 0 Å². The quantitative estimate of drug-likeness (QED) is 0.665. The van der Waals surface area contributed by atoms with E-state index in [1.807, 2.05) is 14.1 Å².